The van der Waals surface area contributed by atoms with Gasteiger partial charge >= 0.3 is 5.97 Å². The highest BCUT2D eigenvalue weighted by molar-refractivity contribution is 7.91. The summed E-state index contributed by atoms with van der Waals surface area (Å²) in [5, 5.41) is 9.42. The highest BCUT2D eigenvalue weighted by Crippen LogP contribution is 2.28. The number of carboxylic acids is 1. The summed E-state index contributed by atoms with van der Waals surface area (Å²) in [5.41, 5.74) is 1.85. The number of carboxylic acid groups (broad SMARTS) is 1. The summed E-state index contributed by atoms with van der Waals surface area (Å²) in [5.74, 6) is -2.19. The largest absolute Gasteiger partial charge is 0.480 e. The summed E-state index contributed by atoms with van der Waals surface area (Å²) in [6, 6.07) is 6.51. The van der Waals surface area contributed by atoms with E-state index in [1.54, 1.807) is 0 Å². The third kappa shape index (κ3) is 2.72. The molecule has 6 nitrogen and oxygen atoms in total. The highest BCUT2D eigenvalue weighted by Gasteiger charge is 2.41. The summed E-state index contributed by atoms with van der Waals surface area (Å²) in [6.45, 7) is 0.225. The quantitative estimate of drug-likeness (QED) is 0.853. The molecule has 0 bridgehead atoms. The van der Waals surface area contributed by atoms with Gasteiger partial charge in [0.15, 0.2) is 9.84 Å². The molecule has 1 aromatic carbocycles. The van der Waals surface area contributed by atoms with Crippen molar-refractivity contribution < 1.29 is 23.1 Å². The fourth-order valence-electron chi connectivity index (χ4n) is 3.20. The molecule has 3 rings (SSSR count). The van der Waals surface area contributed by atoms with Crippen molar-refractivity contribution in [3.05, 3.63) is 35.4 Å². The first-order valence-electron chi connectivity index (χ1n) is 7.18. The van der Waals surface area contributed by atoms with Crippen LogP contribution in [-0.2, 0) is 32.4 Å². The van der Waals surface area contributed by atoms with E-state index in [1.807, 2.05) is 24.3 Å². The van der Waals surface area contributed by atoms with E-state index in [1.165, 1.54) is 4.90 Å². The predicted octanol–water partition coefficient (Wildman–Crippen LogP) is 0.459. The van der Waals surface area contributed by atoms with Gasteiger partial charge in [-0.3, -0.25) is 4.79 Å². The molecule has 0 radical (unpaired) electrons. The molecule has 1 aromatic rings. The zero-order valence-electron chi connectivity index (χ0n) is 11.9. The first-order chi connectivity index (χ1) is 10.4. The van der Waals surface area contributed by atoms with E-state index in [4.69, 9.17) is 0 Å². The lowest BCUT2D eigenvalue weighted by Crippen LogP contribution is -2.50. The number of amides is 1. The SMILES string of the molecule is O=C(O)[C@H]1Cc2ccccc2CN1C(=O)[C@H]1CCS(=O)(=O)C1. The van der Waals surface area contributed by atoms with Gasteiger partial charge in [-0.25, -0.2) is 13.2 Å². The van der Waals surface area contributed by atoms with Crippen LogP contribution in [0.5, 0.6) is 0 Å². The summed E-state index contributed by atoms with van der Waals surface area (Å²) < 4.78 is 23.1. The lowest BCUT2D eigenvalue weighted by atomic mass is 9.92. The zero-order chi connectivity index (χ0) is 15.9. The van der Waals surface area contributed by atoms with Gasteiger partial charge < -0.3 is 10.0 Å². The van der Waals surface area contributed by atoms with Gasteiger partial charge in [0.05, 0.1) is 17.4 Å². The first kappa shape index (κ1) is 15.0. The van der Waals surface area contributed by atoms with Gasteiger partial charge in [-0.2, -0.15) is 0 Å². The van der Waals surface area contributed by atoms with Crippen LogP contribution in [0, 0.1) is 5.92 Å². The number of carbonyl (C=O) groups excluding carboxylic acids is 1. The maximum absolute atomic E-state index is 12.6. The molecule has 0 unspecified atom stereocenters. The van der Waals surface area contributed by atoms with E-state index in [9.17, 15) is 23.1 Å². The van der Waals surface area contributed by atoms with Crippen LogP contribution < -0.4 is 0 Å². The second kappa shape index (κ2) is 5.39. The van der Waals surface area contributed by atoms with Crippen molar-refractivity contribution in [2.75, 3.05) is 11.5 Å². The van der Waals surface area contributed by atoms with Gasteiger partial charge in [0, 0.05) is 13.0 Å². The number of carbonyl (C=O) groups is 2. The molecule has 2 aliphatic heterocycles. The lowest BCUT2D eigenvalue weighted by molar-refractivity contribution is -0.153. The Kier molecular flexibility index (Phi) is 3.68. The molecule has 1 N–H and O–H groups in total. The molecular formula is C15H17NO5S. The second-order valence-electron chi connectivity index (χ2n) is 5.89. The van der Waals surface area contributed by atoms with Crippen LogP contribution >= 0.6 is 0 Å². The van der Waals surface area contributed by atoms with Crippen molar-refractivity contribution in [2.24, 2.45) is 5.92 Å². The van der Waals surface area contributed by atoms with Gasteiger partial charge in [-0.05, 0) is 17.5 Å². The van der Waals surface area contributed by atoms with E-state index >= 15 is 0 Å². The van der Waals surface area contributed by atoms with Crippen LogP contribution in [0.2, 0.25) is 0 Å². The smallest absolute Gasteiger partial charge is 0.326 e. The fourth-order valence-corrected chi connectivity index (χ4v) is 4.93. The average molecular weight is 323 g/mol. The topological polar surface area (TPSA) is 91.8 Å². The van der Waals surface area contributed by atoms with Crippen LogP contribution in [0.1, 0.15) is 17.5 Å². The normalized spacial score (nSPS) is 26.5. The van der Waals surface area contributed by atoms with Crippen molar-refractivity contribution in [3.8, 4) is 0 Å². The van der Waals surface area contributed by atoms with Crippen LogP contribution in [0.25, 0.3) is 0 Å². The molecule has 1 fully saturated rings. The third-order valence-corrected chi connectivity index (χ3v) is 6.17. The van der Waals surface area contributed by atoms with E-state index in [2.05, 4.69) is 0 Å². The molecule has 118 valence electrons. The van der Waals surface area contributed by atoms with E-state index < -0.39 is 27.8 Å². The molecule has 22 heavy (non-hydrogen) atoms. The first-order valence-corrected chi connectivity index (χ1v) is 9.00. The van der Waals surface area contributed by atoms with Gasteiger partial charge in [-0.15, -0.1) is 0 Å². The number of benzene rings is 1. The maximum Gasteiger partial charge on any atom is 0.326 e. The Balaban J connectivity index is 1.88. The van der Waals surface area contributed by atoms with E-state index in [-0.39, 0.29) is 36.8 Å². The predicted molar refractivity (Wildman–Crippen MR) is 78.9 cm³/mol. The number of hydrogen-bond acceptors (Lipinski definition) is 4. The Labute approximate surface area is 128 Å². The Morgan fingerprint density at radius 1 is 1.18 bits per heavy atom. The van der Waals surface area contributed by atoms with Crippen LogP contribution in [0.3, 0.4) is 0 Å². The minimum atomic E-state index is -3.17. The molecule has 0 spiro atoms. The Hall–Kier alpha value is -1.89. The molecule has 0 aliphatic carbocycles. The van der Waals surface area contributed by atoms with Crippen molar-refractivity contribution in [2.45, 2.75) is 25.4 Å². The summed E-state index contributed by atoms with van der Waals surface area (Å²) in [4.78, 5) is 25.4. The van der Waals surface area contributed by atoms with Crippen molar-refractivity contribution in [3.63, 3.8) is 0 Å². The number of hydrogen-bond donors (Lipinski definition) is 1. The van der Waals surface area contributed by atoms with E-state index in [0.29, 0.717) is 0 Å². The summed E-state index contributed by atoms with van der Waals surface area (Å²) in [6.07, 6.45) is 0.544. The van der Waals surface area contributed by atoms with Crippen molar-refractivity contribution >= 4 is 21.7 Å². The van der Waals surface area contributed by atoms with Gasteiger partial charge in [-0.1, -0.05) is 24.3 Å². The van der Waals surface area contributed by atoms with Gasteiger partial charge in [0.25, 0.3) is 0 Å². The van der Waals surface area contributed by atoms with Gasteiger partial charge in [0.2, 0.25) is 5.91 Å². The molecule has 1 amide bonds. The van der Waals surface area contributed by atoms with Crippen LogP contribution in [0.15, 0.2) is 24.3 Å². The molecule has 2 heterocycles. The number of nitrogens with zero attached hydrogens (tertiary/aromatic N) is 1. The monoisotopic (exact) mass is 323 g/mol. The summed E-state index contributed by atoms with van der Waals surface area (Å²) >= 11 is 0. The molecular weight excluding hydrogens is 306 g/mol. The Bertz CT molecular complexity index is 727. The lowest BCUT2D eigenvalue weighted by Gasteiger charge is -2.35. The molecule has 0 aromatic heterocycles. The van der Waals surface area contributed by atoms with E-state index in [0.717, 1.165) is 11.1 Å². The fraction of sp³-hybridized carbons (Fsp3) is 0.467. The Morgan fingerprint density at radius 2 is 1.86 bits per heavy atom. The molecule has 1 saturated heterocycles. The highest BCUT2D eigenvalue weighted by atomic mass is 32.2. The van der Waals surface area contributed by atoms with Crippen LogP contribution in [0.4, 0.5) is 0 Å². The number of sulfone groups is 1. The number of rotatable bonds is 2. The molecule has 7 heteroatoms. The molecule has 2 aliphatic rings. The van der Waals surface area contributed by atoms with Crippen molar-refractivity contribution in [1.29, 1.82) is 0 Å². The minimum Gasteiger partial charge on any atom is -0.480 e. The minimum absolute atomic E-state index is 0.00553. The van der Waals surface area contributed by atoms with Crippen LogP contribution in [-0.4, -0.2) is 47.8 Å². The summed E-state index contributed by atoms with van der Waals surface area (Å²) in [7, 11) is -3.17. The maximum atomic E-state index is 12.6. The Morgan fingerprint density at radius 3 is 2.45 bits per heavy atom. The zero-order valence-corrected chi connectivity index (χ0v) is 12.8. The van der Waals surface area contributed by atoms with Crippen molar-refractivity contribution in [1.82, 2.24) is 4.90 Å². The third-order valence-electron chi connectivity index (χ3n) is 4.40. The average Bonchev–Trinajstić information content (AvgIpc) is 2.85. The molecule has 0 saturated carbocycles. The standard InChI is InChI=1S/C15H17NO5S/c17-14(12-5-6-22(20,21)9-12)16-8-11-4-2-1-3-10(11)7-13(16)15(18)19/h1-4,12-13H,5-9H2,(H,18,19)/t12-,13+/m0/s1. The number of fused-ring (bicyclic) bond motifs is 1. The van der Waals surface area contributed by atoms with Gasteiger partial charge in [0.1, 0.15) is 6.04 Å². The number of aliphatic carboxylic acids is 1. The second-order valence-corrected chi connectivity index (χ2v) is 8.12. The molecule has 2 atom stereocenters.